The molecule has 6 atom stereocenters. The Bertz CT molecular complexity index is 1370. The van der Waals surface area contributed by atoms with Gasteiger partial charge in [0.2, 0.25) is 11.8 Å². The summed E-state index contributed by atoms with van der Waals surface area (Å²) in [6.45, 7) is 9.47. The number of likely N-dealkylation sites (N-methyl/N-ethyl adjacent to an activating group) is 1. The van der Waals surface area contributed by atoms with Crippen molar-refractivity contribution < 1.29 is 29.0 Å². The van der Waals surface area contributed by atoms with E-state index in [-0.39, 0.29) is 30.4 Å². The number of carbonyl (C=O) groups is 3. The van der Waals surface area contributed by atoms with E-state index in [9.17, 15) is 19.5 Å². The third kappa shape index (κ3) is 7.23. The quantitative estimate of drug-likeness (QED) is 0.494. The highest BCUT2D eigenvalue weighted by Crippen LogP contribution is 2.30. The van der Waals surface area contributed by atoms with Gasteiger partial charge in [-0.05, 0) is 57.2 Å². The summed E-state index contributed by atoms with van der Waals surface area (Å²) in [5.41, 5.74) is 4.44. The lowest BCUT2D eigenvalue weighted by molar-refractivity contribution is -0.204. The number of nitrogens with zero attached hydrogens (tertiary/aromatic N) is 3. The van der Waals surface area contributed by atoms with Crippen LogP contribution < -0.4 is 10.7 Å². The van der Waals surface area contributed by atoms with Gasteiger partial charge in [0.05, 0.1) is 29.3 Å². The molecule has 0 aliphatic carbocycles. The number of hydrogen-bond donors (Lipinski definition) is 3. The standard InChI is InChI=1S/C32H45N5O6/c1-19(2)27-28(38)33-20(3)29(39)37-16-8-9-25(35-37)30(40)36(6)21(4)24-13-12-23-11-10-22(17-26(23)34-24)14-15-32(5,18-42-7)31(41)43-27/h10-15,17,19-21,25,27,31,35,41H,8-9,16,18H2,1-7H3,(H,33,38)/b15-14+/t20-,21+,25-,27-,31?,32+/m0/s1. The molecule has 1 aromatic heterocycles. The number of nitrogens with one attached hydrogen (secondary N) is 2. The van der Waals surface area contributed by atoms with Gasteiger partial charge in [0.1, 0.15) is 18.2 Å². The molecule has 3 amide bonds. The SMILES string of the molecule is COC[C@@]1(C)/C=C/c2ccc3ccc(nc3c2)[C@@H](C)N(C)C(=O)[C@@H]2CCCN(N2)C(=O)[C@H](C)NC(=O)[C@H](C(C)C)OC1O. The minimum atomic E-state index is -1.39. The van der Waals surface area contributed by atoms with E-state index in [2.05, 4.69) is 10.7 Å². The van der Waals surface area contributed by atoms with Crippen molar-refractivity contribution in [1.29, 1.82) is 0 Å². The second kappa shape index (κ2) is 13.5. The van der Waals surface area contributed by atoms with Gasteiger partial charge in [-0.25, -0.2) is 5.43 Å². The Kier molecular flexibility index (Phi) is 10.2. The number of ether oxygens (including phenoxy) is 2. The van der Waals surface area contributed by atoms with Gasteiger partial charge in [0, 0.05) is 26.1 Å². The predicted molar refractivity (Wildman–Crippen MR) is 163 cm³/mol. The van der Waals surface area contributed by atoms with Crippen LogP contribution in [0.1, 0.15) is 64.8 Å². The zero-order chi connectivity index (χ0) is 31.5. The second-order valence-electron chi connectivity index (χ2n) is 12.3. The molecule has 3 N–H and O–H groups in total. The Morgan fingerprint density at radius 3 is 2.58 bits per heavy atom. The highest BCUT2D eigenvalue weighted by atomic mass is 16.6. The average Bonchev–Trinajstić information content (AvgIpc) is 3.00. The fourth-order valence-corrected chi connectivity index (χ4v) is 5.45. The normalized spacial score (nSPS) is 30.5. The minimum Gasteiger partial charge on any atom is -0.384 e. The van der Waals surface area contributed by atoms with E-state index < -0.39 is 35.8 Å². The Morgan fingerprint density at radius 1 is 1.16 bits per heavy atom. The number of carbonyl (C=O) groups excluding carboxylic acids is 3. The van der Waals surface area contributed by atoms with E-state index >= 15 is 0 Å². The van der Waals surface area contributed by atoms with Crippen LogP contribution in [-0.4, -0.2) is 89.5 Å². The van der Waals surface area contributed by atoms with E-state index in [1.807, 2.05) is 63.3 Å². The van der Waals surface area contributed by atoms with Crippen molar-refractivity contribution in [3.63, 3.8) is 0 Å². The number of benzene rings is 1. The number of hydrogen-bond acceptors (Lipinski definition) is 8. The van der Waals surface area contributed by atoms with Gasteiger partial charge in [0.25, 0.3) is 5.91 Å². The van der Waals surface area contributed by atoms with Crippen LogP contribution >= 0.6 is 0 Å². The molecule has 0 radical (unpaired) electrons. The zero-order valence-corrected chi connectivity index (χ0v) is 26.2. The summed E-state index contributed by atoms with van der Waals surface area (Å²) in [4.78, 5) is 46.8. The van der Waals surface area contributed by atoms with E-state index in [1.54, 1.807) is 25.8 Å². The fraction of sp³-hybridized carbons (Fsp3) is 0.562. The summed E-state index contributed by atoms with van der Waals surface area (Å²) in [6.07, 6.45) is 2.45. The molecular weight excluding hydrogens is 550 g/mol. The van der Waals surface area contributed by atoms with E-state index in [0.717, 1.165) is 22.2 Å². The van der Waals surface area contributed by atoms with Crippen molar-refractivity contribution in [1.82, 2.24) is 25.6 Å². The highest BCUT2D eigenvalue weighted by molar-refractivity contribution is 5.90. The molecule has 1 fully saturated rings. The van der Waals surface area contributed by atoms with Gasteiger partial charge in [0.15, 0.2) is 6.29 Å². The first kappa shape index (κ1) is 32.5. The summed E-state index contributed by atoms with van der Waals surface area (Å²) in [5.74, 6) is -1.33. The number of aromatic nitrogens is 1. The molecule has 43 heavy (non-hydrogen) atoms. The maximum Gasteiger partial charge on any atom is 0.258 e. The van der Waals surface area contributed by atoms with Gasteiger partial charge < -0.3 is 24.8 Å². The molecule has 1 aromatic carbocycles. The van der Waals surface area contributed by atoms with Gasteiger partial charge in [-0.3, -0.25) is 24.4 Å². The third-order valence-corrected chi connectivity index (χ3v) is 8.39. The largest absolute Gasteiger partial charge is 0.384 e. The van der Waals surface area contributed by atoms with Crippen LogP contribution in [0.3, 0.4) is 0 Å². The number of aliphatic hydroxyl groups is 1. The van der Waals surface area contributed by atoms with Crippen molar-refractivity contribution in [2.45, 2.75) is 78.0 Å². The smallest absolute Gasteiger partial charge is 0.258 e. The Morgan fingerprint density at radius 2 is 1.88 bits per heavy atom. The van der Waals surface area contributed by atoms with E-state index in [1.165, 1.54) is 12.1 Å². The first-order valence-corrected chi connectivity index (χ1v) is 14.9. The van der Waals surface area contributed by atoms with Crippen LogP contribution in [0.4, 0.5) is 0 Å². The molecular formula is C32H45N5O6. The molecule has 2 aromatic rings. The molecule has 4 rings (SSSR count). The van der Waals surface area contributed by atoms with Crippen molar-refractivity contribution in [3.8, 4) is 0 Å². The fourth-order valence-electron chi connectivity index (χ4n) is 5.45. The number of methoxy groups -OCH3 is 1. The molecule has 1 saturated heterocycles. The summed E-state index contributed by atoms with van der Waals surface area (Å²) in [6, 6.07) is 7.97. The van der Waals surface area contributed by atoms with Crippen LogP contribution in [0.2, 0.25) is 0 Å². The summed E-state index contributed by atoms with van der Waals surface area (Å²) in [5, 5.41) is 16.4. The maximum absolute atomic E-state index is 13.6. The summed E-state index contributed by atoms with van der Waals surface area (Å²) < 4.78 is 11.4. The van der Waals surface area contributed by atoms with E-state index in [4.69, 9.17) is 14.5 Å². The van der Waals surface area contributed by atoms with Crippen molar-refractivity contribution in [2.75, 3.05) is 27.3 Å². The lowest BCUT2D eigenvalue weighted by Gasteiger charge is -2.37. The Hall–Kier alpha value is -3.38. The first-order chi connectivity index (χ1) is 20.3. The molecule has 11 nitrogen and oxygen atoms in total. The number of hydrazine groups is 1. The topological polar surface area (TPSA) is 133 Å². The molecule has 2 aliphatic heterocycles. The zero-order valence-electron chi connectivity index (χ0n) is 26.2. The predicted octanol–water partition coefficient (Wildman–Crippen LogP) is 2.79. The van der Waals surface area contributed by atoms with E-state index in [0.29, 0.717) is 19.4 Å². The molecule has 1 unspecified atom stereocenters. The monoisotopic (exact) mass is 595 g/mol. The van der Waals surface area contributed by atoms with Gasteiger partial charge in [-0.1, -0.05) is 44.2 Å². The number of pyridine rings is 1. The van der Waals surface area contributed by atoms with Crippen molar-refractivity contribution in [2.24, 2.45) is 11.3 Å². The van der Waals surface area contributed by atoms with Crippen LogP contribution in [0.15, 0.2) is 36.4 Å². The average molecular weight is 596 g/mol. The molecule has 0 spiro atoms. The van der Waals surface area contributed by atoms with Crippen molar-refractivity contribution >= 4 is 34.7 Å². The van der Waals surface area contributed by atoms with Crippen LogP contribution in [0.5, 0.6) is 0 Å². The second-order valence-corrected chi connectivity index (χ2v) is 12.3. The summed E-state index contributed by atoms with van der Waals surface area (Å²) in [7, 11) is 3.28. The first-order valence-electron chi connectivity index (χ1n) is 14.9. The number of rotatable bonds is 3. The number of amides is 3. The van der Waals surface area contributed by atoms with Gasteiger partial charge in [-0.15, -0.1) is 0 Å². The van der Waals surface area contributed by atoms with Gasteiger partial charge >= 0.3 is 0 Å². The Balaban J connectivity index is 1.76. The minimum absolute atomic E-state index is 0.127. The third-order valence-electron chi connectivity index (χ3n) is 8.39. The lowest BCUT2D eigenvalue weighted by Crippen LogP contribution is -2.61. The van der Waals surface area contributed by atoms with Gasteiger partial charge in [-0.2, -0.15) is 0 Å². The molecule has 11 heteroatoms. The number of fused-ring (bicyclic) bond motifs is 4. The molecule has 2 aliphatic rings. The number of aliphatic hydroxyl groups excluding tert-OH is 1. The highest BCUT2D eigenvalue weighted by Gasteiger charge is 2.38. The maximum atomic E-state index is 13.6. The molecule has 234 valence electrons. The summed E-state index contributed by atoms with van der Waals surface area (Å²) >= 11 is 0. The molecule has 5 bridgehead atoms. The lowest BCUT2D eigenvalue weighted by atomic mass is 9.89. The van der Waals surface area contributed by atoms with Crippen LogP contribution in [-0.2, 0) is 23.9 Å². The van der Waals surface area contributed by atoms with Crippen LogP contribution in [0.25, 0.3) is 17.0 Å². The Labute approximate surface area is 253 Å². The molecule has 0 saturated carbocycles. The molecule has 3 heterocycles. The van der Waals surface area contributed by atoms with Crippen molar-refractivity contribution in [3.05, 3.63) is 47.7 Å². The van der Waals surface area contributed by atoms with Crippen LogP contribution in [0, 0.1) is 11.3 Å².